The van der Waals surface area contributed by atoms with Crippen molar-refractivity contribution in [3.63, 3.8) is 0 Å². The van der Waals surface area contributed by atoms with Gasteiger partial charge in [-0.15, -0.1) is 0 Å². The molecule has 1 heterocycles. The van der Waals surface area contributed by atoms with Crippen LogP contribution < -0.4 is 5.73 Å². The Bertz CT molecular complexity index is 409. The molecule has 0 bridgehead atoms. The van der Waals surface area contributed by atoms with E-state index in [2.05, 4.69) is 27.6 Å². The summed E-state index contributed by atoms with van der Waals surface area (Å²) in [5.74, 6) is 0. The van der Waals surface area contributed by atoms with Crippen molar-refractivity contribution in [2.24, 2.45) is 0 Å². The van der Waals surface area contributed by atoms with Crippen molar-refractivity contribution in [3.05, 3.63) is 40.5 Å². The number of hydrogen-bond donors (Lipinski definition) is 1. The maximum absolute atomic E-state index is 5.65. The van der Waals surface area contributed by atoms with Gasteiger partial charge in [-0.25, -0.2) is 4.98 Å². The van der Waals surface area contributed by atoms with Crippen molar-refractivity contribution in [1.82, 2.24) is 9.55 Å². The highest BCUT2D eigenvalue weighted by Gasteiger charge is 2.00. The van der Waals surface area contributed by atoms with E-state index in [-0.39, 0.29) is 0 Å². The van der Waals surface area contributed by atoms with E-state index in [0.717, 1.165) is 14.9 Å². The lowest BCUT2D eigenvalue weighted by molar-refractivity contribution is 1.05. The van der Waals surface area contributed by atoms with Crippen molar-refractivity contribution in [2.45, 2.75) is 0 Å². The first-order chi connectivity index (χ1) is 6.27. The number of nitrogens with zero attached hydrogens (tertiary/aromatic N) is 2. The van der Waals surface area contributed by atoms with Gasteiger partial charge in [0.15, 0.2) is 0 Å². The van der Waals surface area contributed by atoms with E-state index in [0.29, 0.717) is 0 Å². The Balaban J connectivity index is 2.53. The molecule has 0 unspecified atom stereocenters. The minimum Gasteiger partial charge on any atom is -0.399 e. The smallest absolute Gasteiger partial charge is 0.0992 e. The highest BCUT2D eigenvalue weighted by atomic mass is 127. The Morgan fingerprint density at radius 1 is 1.38 bits per heavy atom. The van der Waals surface area contributed by atoms with E-state index in [1.165, 1.54) is 0 Å². The Kier molecular flexibility index (Phi) is 2.22. The number of rotatable bonds is 1. The van der Waals surface area contributed by atoms with Crippen LogP contribution in [-0.4, -0.2) is 9.55 Å². The minimum absolute atomic E-state index is 0.785. The molecule has 0 aliphatic carbocycles. The first-order valence-corrected chi connectivity index (χ1v) is 4.88. The molecule has 0 radical (unpaired) electrons. The molecule has 4 heteroatoms. The number of imidazole rings is 1. The largest absolute Gasteiger partial charge is 0.399 e. The van der Waals surface area contributed by atoms with Gasteiger partial charge < -0.3 is 10.3 Å². The molecule has 0 aliphatic rings. The molecule has 2 rings (SSSR count). The number of halogens is 1. The molecule has 0 amide bonds. The fourth-order valence-corrected chi connectivity index (χ4v) is 1.95. The van der Waals surface area contributed by atoms with Gasteiger partial charge in [0.1, 0.15) is 0 Å². The van der Waals surface area contributed by atoms with Gasteiger partial charge in [-0.1, -0.05) is 0 Å². The van der Waals surface area contributed by atoms with Gasteiger partial charge in [-0.2, -0.15) is 0 Å². The van der Waals surface area contributed by atoms with Crippen LogP contribution in [0, 0.1) is 3.57 Å². The Hall–Kier alpha value is -1.04. The highest BCUT2D eigenvalue weighted by Crippen LogP contribution is 2.19. The van der Waals surface area contributed by atoms with Crippen LogP contribution in [0.4, 0.5) is 5.69 Å². The highest BCUT2D eigenvalue weighted by molar-refractivity contribution is 14.1. The number of nitrogen functional groups attached to an aromatic ring is 1. The lowest BCUT2D eigenvalue weighted by Gasteiger charge is -2.05. The molecule has 2 N–H and O–H groups in total. The van der Waals surface area contributed by atoms with E-state index in [1.807, 2.05) is 29.0 Å². The second-order valence-corrected chi connectivity index (χ2v) is 3.84. The zero-order valence-electron chi connectivity index (χ0n) is 6.81. The third-order valence-electron chi connectivity index (χ3n) is 1.75. The Morgan fingerprint density at radius 2 is 2.23 bits per heavy atom. The van der Waals surface area contributed by atoms with Crippen molar-refractivity contribution in [2.75, 3.05) is 5.73 Å². The second-order valence-electron chi connectivity index (χ2n) is 2.68. The summed E-state index contributed by atoms with van der Waals surface area (Å²) in [7, 11) is 0. The van der Waals surface area contributed by atoms with Gasteiger partial charge in [0.05, 0.1) is 12.0 Å². The number of nitrogens with two attached hydrogens (primary N) is 1. The maximum Gasteiger partial charge on any atom is 0.0992 e. The summed E-state index contributed by atoms with van der Waals surface area (Å²) >= 11 is 2.26. The molecule has 0 atom stereocenters. The van der Waals surface area contributed by atoms with Gasteiger partial charge in [0, 0.05) is 21.7 Å². The van der Waals surface area contributed by atoms with Crippen molar-refractivity contribution in [3.8, 4) is 5.69 Å². The molecule has 0 aliphatic heterocycles. The minimum atomic E-state index is 0.785. The van der Waals surface area contributed by atoms with E-state index in [9.17, 15) is 0 Å². The van der Waals surface area contributed by atoms with Crippen molar-refractivity contribution in [1.29, 1.82) is 0 Å². The molecular formula is C9H8IN3. The second kappa shape index (κ2) is 3.37. The van der Waals surface area contributed by atoms with Crippen molar-refractivity contribution < 1.29 is 0 Å². The summed E-state index contributed by atoms with van der Waals surface area (Å²) in [6.45, 7) is 0. The van der Waals surface area contributed by atoms with Crippen LogP contribution in [0.5, 0.6) is 0 Å². The summed E-state index contributed by atoms with van der Waals surface area (Å²) < 4.78 is 3.08. The number of aromatic nitrogens is 2. The molecule has 0 spiro atoms. The van der Waals surface area contributed by atoms with Crippen LogP contribution in [0.3, 0.4) is 0 Å². The molecule has 1 aromatic carbocycles. The van der Waals surface area contributed by atoms with E-state index in [1.54, 1.807) is 12.5 Å². The van der Waals surface area contributed by atoms with Crippen LogP contribution in [0.2, 0.25) is 0 Å². The van der Waals surface area contributed by atoms with Crippen LogP contribution in [0.15, 0.2) is 36.9 Å². The van der Waals surface area contributed by atoms with Crippen LogP contribution in [-0.2, 0) is 0 Å². The SMILES string of the molecule is Nc1ccc(-n2ccnc2)c(I)c1. The Labute approximate surface area is 89.7 Å². The van der Waals surface area contributed by atoms with Crippen LogP contribution in [0.25, 0.3) is 5.69 Å². The third kappa shape index (κ3) is 1.67. The average Bonchev–Trinajstić information content (AvgIpc) is 2.56. The van der Waals surface area contributed by atoms with Gasteiger partial charge in [0.2, 0.25) is 0 Å². The maximum atomic E-state index is 5.65. The fraction of sp³-hybridized carbons (Fsp3) is 0. The van der Waals surface area contributed by atoms with Gasteiger partial charge in [-0.3, -0.25) is 0 Å². The van der Waals surface area contributed by atoms with Crippen LogP contribution in [0.1, 0.15) is 0 Å². The predicted octanol–water partition coefficient (Wildman–Crippen LogP) is 2.06. The molecule has 66 valence electrons. The lowest BCUT2D eigenvalue weighted by atomic mass is 10.3. The summed E-state index contributed by atoms with van der Waals surface area (Å²) in [5.41, 5.74) is 7.54. The molecule has 0 fully saturated rings. The quantitative estimate of drug-likeness (QED) is 0.644. The fourth-order valence-electron chi connectivity index (χ4n) is 1.13. The summed E-state index contributed by atoms with van der Waals surface area (Å²) in [6.07, 6.45) is 5.44. The van der Waals surface area contributed by atoms with Gasteiger partial charge >= 0.3 is 0 Å². The van der Waals surface area contributed by atoms with E-state index in [4.69, 9.17) is 5.73 Å². The Morgan fingerprint density at radius 3 is 2.85 bits per heavy atom. The zero-order valence-corrected chi connectivity index (χ0v) is 8.97. The lowest BCUT2D eigenvalue weighted by Crippen LogP contribution is -1.95. The molecule has 0 saturated heterocycles. The molecular weight excluding hydrogens is 277 g/mol. The standard InChI is InChI=1S/C9H8IN3/c10-8-5-7(11)1-2-9(8)13-4-3-12-6-13/h1-6H,11H2. The summed E-state index contributed by atoms with van der Waals surface area (Å²) in [5, 5.41) is 0. The zero-order chi connectivity index (χ0) is 9.26. The first kappa shape index (κ1) is 8.55. The predicted molar refractivity (Wildman–Crippen MR) is 60.7 cm³/mol. The topological polar surface area (TPSA) is 43.8 Å². The van der Waals surface area contributed by atoms with E-state index < -0.39 is 0 Å². The third-order valence-corrected chi connectivity index (χ3v) is 2.62. The molecule has 0 saturated carbocycles. The number of benzene rings is 1. The van der Waals surface area contributed by atoms with Crippen LogP contribution >= 0.6 is 22.6 Å². The molecule has 3 nitrogen and oxygen atoms in total. The molecule has 13 heavy (non-hydrogen) atoms. The average molecular weight is 285 g/mol. The number of anilines is 1. The summed E-state index contributed by atoms with van der Waals surface area (Å²) in [6, 6.07) is 5.81. The van der Waals surface area contributed by atoms with E-state index >= 15 is 0 Å². The number of hydrogen-bond acceptors (Lipinski definition) is 2. The monoisotopic (exact) mass is 285 g/mol. The first-order valence-electron chi connectivity index (χ1n) is 3.81. The van der Waals surface area contributed by atoms with Gasteiger partial charge in [-0.05, 0) is 40.8 Å². The molecule has 1 aromatic heterocycles. The van der Waals surface area contributed by atoms with Gasteiger partial charge in [0.25, 0.3) is 0 Å². The summed E-state index contributed by atoms with van der Waals surface area (Å²) in [4.78, 5) is 3.99. The molecule has 2 aromatic rings. The van der Waals surface area contributed by atoms with Crippen molar-refractivity contribution >= 4 is 28.3 Å². The normalized spacial score (nSPS) is 10.2.